The minimum Gasteiger partial charge on any atom is -0.392 e. The largest absolute Gasteiger partial charge is 0.392 e. The topological polar surface area (TPSA) is 29.3 Å². The molecule has 2 N–H and O–H groups in total. The van der Waals surface area contributed by atoms with Gasteiger partial charge in [0.25, 0.3) is 0 Å². The maximum absolute atomic E-state index is 5.58. The van der Waals surface area contributed by atoms with Gasteiger partial charge < -0.3 is 5.73 Å². The quantitative estimate of drug-likeness (QED) is 0.787. The summed E-state index contributed by atoms with van der Waals surface area (Å²) in [4.78, 5) is 2.80. The van der Waals surface area contributed by atoms with E-state index in [-0.39, 0.29) is 0 Å². The molecule has 94 valence electrons. The van der Waals surface area contributed by atoms with Gasteiger partial charge in [0.05, 0.1) is 4.99 Å². The van der Waals surface area contributed by atoms with Crippen molar-refractivity contribution in [2.45, 2.75) is 33.2 Å². The Balaban J connectivity index is 2.64. The standard InChI is InChI=1S/C14H22N2S/c1-4-16(10-14(15)17)9-12-5-7-13(8-6-12)11(2)3/h5-8,11H,4,9-10H2,1-3H3,(H2,15,17). The van der Waals surface area contributed by atoms with Gasteiger partial charge in [-0.1, -0.05) is 57.3 Å². The molecular formula is C14H22N2S. The molecule has 3 heteroatoms. The first-order valence-electron chi connectivity index (χ1n) is 6.12. The van der Waals surface area contributed by atoms with Crippen LogP contribution < -0.4 is 5.73 Å². The lowest BCUT2D eigenvalue weighted by Crippen LogP contribution is -2.32. The maximum Gasteiger partial charge on any atom is 0.0870 e. The fraction of sp³-hybridized carbons (Fsp3) is 0.500. The monoisotopic (exact) mass is 250 g/mol. The SMILES string of the molecule is CCN(CC(N)=S)Cc1ccc(C(C)C)cc1. The Labute approximate surface area is 110 Å². The van der Waals surface area contributed by atoms with Gasteiger partial charge in [-0.3, -0.25) is 4.90 Å². The number of likely N-dealkylation sites (N-methyl/N-ethyl adjacent to an activating group) is 1. The van der Waals surface area contributed by atoms with Crippen LogP contribution in [0.1, 0.15) is 37.8 Å². The second-order valence-corrected chi connectivity index (χ2v) is 5.19. The number of thiocarbonyl (C=S) groups is 1. The number of hydrogen-bond acceptors (Lipinski definition) is 2. The highest BCUT2D eigenvalue weighted by Gasteiger charge is 2.05. The van der Waals surface area contributed by atoms with Crippen molar-refractivity contribution in [3.05, 3.63) is 35.4 Å². The van der Waals surface area contributed by atoms with Gasteiger partial charge in [-0.05, 0) is 23.6 Å². The molecule has 0 aliphatic rings. The number of benzene rings is 1. The Morgan fingerprint density at radius 2 is 1.88 bits per heavy atom. The van der Waals surface area contributed by atoms with Crippen LogP contribution in [0.25, 0.3) is 0 Å². The van der Waals surface area contributed by atoms with Gasteiger partial charge in [0.2, 0.25) is 0 Å². The molecule has 0 unspecified atom stereocenters. The summed E-state index contributed by atoms with van der Waals surface area (Å²) >= 11 is 4.95. The van der Waals surface area contributed by atoms with Crippen molar-refractivity contribution >= 4 is 17.2 Å². The zero-order valence-electron chi connectivity index (χ0n) is 10.9. The van der Waals surface area contributed by atoms with Gasteiger partial charge in [0, 0.05) is 13.1 Å². The summed E-state index contributed by atoms with van der Waals surface area (Å²) in [7, 11) is 0. The summed E-state index contributed by atoms with van der Waals surface area (Å²) in [6, 6.07) is 8.79. The first-order chi connectivity index (χ1) is 8.02. The molecule has 0 aromatic heterocycles. The highest BCUT2D eigenvalue weighted by atomic mass is 32.1. The molecule has 0 fully saturated rings. The van der Waals surface area contributed by atoms with Crippen LogP contribution in [0.2, 0.25) is 0 Å². The second-order valence-electron chi connectivity index (χ2n) is 4.67. The van der Waals surface area contributed by atoms with Crippen molar-refractivity contribution in [2.24, 2.45) is 5.73 Å². The molecule has 1 rings (SSSR count). The summed E-state index contributed by atoms with van der Waals surface area (Å²) in [6.07, 6.45) is 0. The fourth-order valence-electron chi connectivity index (χ4n) is 1.77. The average molecular weight is 250 g/mol. The van der Waals surface area contributed by atoms with E-state index in [1.54, 1.807) is 0 Å². The zero-order valence-corrected chi connectivity index (χ0v) is 11.8. The molecule has 0 aliphatic heterocycles. The number of hydrogen-bond donors (Lipinski definition) is 1. The van der Waals surface area contributed by atoms with Gasteiger partial charge in [-0.15, -0.1) is 0 Å². The minimum atomic E-state index is 0.561. The number of nitrogens with two attached hydrogens (primary N) is 1. The average Bonchev–Trinajstić information content (AvgIpc) is 2.28. The lowest BCUT2D eigenvalue weighted by atomic mass is 10.0. The fourth-order valence-corrected chi connectivity index (χ4v) is 1.95. The van der Waals surface area contributed by atoms with E-state index >= 15 is 0 Å². The van der Waals surface area contributed by atoms with Gasteiger partial charge in [0.1, 0.15) is 0 Å². The molecule has 0 spiro atoms. The number of rotatable bonds is 6. The van der Waals surface area contributed by atoms with Gasteiger partial charge in [-0.2, -0.15) is 0 Å². The summed E-state index contributed by atoms with van der Waals surface area (Å²) < 4.78 is 0. The molecule has 1 aromatic carbocycles. The third-order valence-electron chi connectivity index (χ3n) is 2.88. The van der Waals surface area contributed by atoms with Crippen LogP contribution in [-0.4, -0.2) is 23.0 Å². The van der Waals surface area contributed by atoms with Crippen LogP contribution in [-0.2, 0) is 6.54 Å². The highest BCUT2D eigenvalue weighted by molar-refractivity contribution is 7.80. The molecule has 0 saturated carbocycles. The zero-order chi connectivity index (χ0) is 12.8. The van der Waals surface area contributed by atoms with E-state index < -0.39 is 0 Å². The van der Waals surface area contributed by atoms with Gasteiger partial charge in [-0.25, -0.2) is 0 Å². The predicted octanol–water partition coefficient (Wildman–Crippen LogP) is 2.92. The van der Waals surface area contributed by atoms with Gasteiger partial charge >= 0.3 is 0 Å². The molecule has 2 nitrogen and oxygen atoms in total. The summed E-state index contributed by atoms with van der Waals surface area (Å²) in [5.41, 5.74) is 8.27. The maximum atomic E-state index is 5.58. The molecule has 0 aliphatic carbocycles. The van der Waals surface area contributed by atoms with E-state index in [2.05, 4.69) is 49.9 Å². The van der Waals surface area contributed by atoms with Crippen LogP contribution in [0, 0.1) is 0 Å². The molecular weight excluding hydrogens is 228 g/mol. The third kappa shape index (κ3) is 4.84. The lowest BCUT2D eigenvalue weighted by molar-refractivity contribution is 0.321. The summed E-state index contributed by atoms with van der Waals surface area (Å²) in [5.74, 6) is 0.586. The van der Waals surface area contributed by atoms with E-state index in [9.17, 15) is 0 Å². The highest BCUT2D eigenvalue weighted by Crippen LogP contribution is 2.15. The lowest BCUT2D eigenvalue weighted by Gasteiger charge is -2.19. The van der Waals surface area contributed by atoms with Crippen molar-refractivity contribution in [3.8, 4) is 0 Å². The Hall–Kier alpha value is -0.930. The third-order valence-corrected chi connectivity index (χ3v) is 3.01. The molecule has 0 saturated heterocycles. The summed E-state index contributed by atoms with van der Waals surface area (Å²) in [5, 5.41) is 0. The van der Waals surface area contributed by atoms with Crippen LogP contribution in [0.15, 0.2) is 24.3 Å². The Morgan fingerprint density at radius 3 is 2.29 bits per heavy atom. The Bertz CT molecular complexity index is 357. The molecule has 0 radical (unpaired) electrons. The molecule has 0 amide bonds. The second kappa shape index (κ2) is 6.72. The molecule has 0 atom stereocenters. The van der Waals surface area contributed by atoms with E-state index in [0.717, 1.165) is 13.1 Å². The predicted molar refractivity (Wildman–Crippen MR) is 78.3 cm³/mol. The van der Waals surface area contributed by atoms with Crippen LogP contribution in [0.5, 0.6) is 0 Å². The molecule has 17 heavy (non-hydrogen) atoms. The first-order valence-corrected chi connectivity index (χ1v) is 6.53. The summed E-state index contributed by atoms with van der Waals surface area (Å²) in [6.45, 7) is 9.11. The van der Waals surface area contributed by atoms with E-state index in [4.69, 9.17) is 18.0 Å². The first kappa shape index (κ1) is 14.1. The normalized spacial score (nSPS) is 11.1. The molecule has 0 heterocycles. The van der Waals surface area contributed by atoms with Crippen LogP contribution in [0.4, 0.5) is 0 Å². The van der Waals surface area contributed by atoms with Crippen molar-refractivity contribution in [1.82, 2.24) is 4.90 Å². The van der Waals surface area contributed by atoms with Crippen LogP contribution >= 0.6 is 12.2 Å². The van der Waals surface area contributed by atoms with Crippen molar-refractivity contribution in [1.29, 1.82) is 0 Å². The van der Waals surface area contributed by atoms with Crippen molar-refractivity contribution in [3.63, 3.8) is 0 Å². The van der Waals surface area contributed by atoms with Gasteiger partial charge in [0.15, 0.2) is 0 Å². The van der Waals surface area contributed by atoms with Crippen molar-refractivity contribution in [2.75, 3.05) is 13.1 Å². The van der Waals surface area contributed by atoms with E-state index in [1.165, 1.54) is 11.1 Å². The smallest absolute Gasteiger partial charge is 0.0870 e. The Morgan fingerprint density at radius 1 is 1.29 bits per heavy atom. The van der Waals surface area contributed by atoms with Crippen molar-refractivity contribution < 1.29 is 0 Å². The van der Waals surface area contributed by atoms with E-state index in [0.29, 0.717) is 17.5 Å². The minimum absolute atomic E-state index is 0.561. The van der Waals surface area contributed by atoms with Crippen LogP contribution in [0.3, 0.4) is 0 Å². The Kier molecular flexibility index (Phi) is 5.59. The number of nitrogens with zero attached hydrogens (tertiary/aromatic N) is 1. The van der Waals surface area contributed by atoms with E-state index in [1.807, 2.05) is 0 Å². The molecule has 0 bridgehead atoms. The molecule has 1 aromatic rings.